The molecule has 0 unspecified atom stereocenters. The highest BCUT2D eigenvalue weighted by Crippen LogP contribution is 2.37. The van der Waals surface area contributed by atoms with Gasteiger partial charge in [-0.05, 0) is 44.3 Å². The number of ether oxygens (including phenoxy) is 3. The van der Waals surface area contributed by atoms with Crippen molar-refractivity contribution >= 4 is 26.6 Å². The second-order valence-electron chi connectivity index (χ2n) is 9.69. The second-order valence-corrected chi connectivity index (χ2v) is 11.2. The van der Waals surface area contributed by atoms with Gasteiger partial charge in [0, 0.05) is 42.4 Å². The maximum Gasteiger partial charge on any atom is 0.534 e. The fourth-order valence-electron chi connectivity index (χ4n) is 4.96. The molecule has 14 heteroatoms. The molecule has 2 aromatic carbocycles. The third-order valence-corrected chi connectivity index (χ3v) is 8.00. The average Bonchev–Trinajstić information content (AvgIpc) is 3.33. The van der Waals surface area contributed by atoms with Crippen molar-refractivity contribution in [2.24, 2.45) is 0 Å². The number of anilines is 1. The molecule has 216 valence electrons. The Bertz CT molecular complexity index is 1490. The van der Waals surface area contributed by atoms with Gasteiger partial charge in [-0.1, -0.05) is 24.3 Å². The van der Waals surface area contributed by atoms with E-state index < -0.39 is 21.5 Å². The van der Waals surface area contributed by atoms with E-state index in [1.54, 1.807) is 0 Å². The van der Waals surface area contributed by atoms with Gasteiger partial charge in [-0.2, -0.15) is 31.6 Å². The molecule has 0 bridgehead atoms. The topological polar surface area (TPSA) is 103 Å². The Morgan fingerprint density at radius 2 is 1.90 bits per heavy atom. The third kappa shape index (κ3) is 5.88. The zero-order chi connectivity index (χ0) is 28.5. The molecular formula is C26H29F3N4O6S. The first-order valence-corrected chi connectivity index (χ1v) is 14.1. The van der Waals surface area contributed by atoms with E-state index in [2.05, 4.69) is 19.1 Å². The van der Waals surface area contributed by atoms with Crippen molar-refractivity contribution in [1.82, 2.24) is 14.9 Å². The lowest BCUT2D eigenvalue weighted by Gasteiger charge is -2.32. The number of methoxy groups -OCH3 is 1. The van der Waals surface area contributed by atoms with Crippen molar-refractivity contribution in [3.05, 3.63) is 47.7 Å². The van der Waals surface area contributed by atoms with Crippen LogP contribution in [0.15, 0.2) is 36.4 Å². The van der Waals surface area contributed by atoms with Gasteiger partial charge in [0.05, 0.1) is 12.2 Å². The summed E-state index contributed by atoms with van der Waals surface area (Å²) >= 11 is 0. The molecule has 40 heavy (non-hydrogen) atoms. The first kappa shape index (κ1) is 28.2. The number of likely N-dealkylation sites (tertiary alicyclic amines) is 1. The maximum atomic E-state index is 13.2. The molecule has 0 radical (unpaired) electrons. The summed E-state index contributed by atoms with van der Waals surface area (Å²) in [6.07, 6.45) is 2.01. The molecule has 1 fully saturated rings. The molecule has 0 saturated carbocycles. The number of nitrogens with zero attached hydrogens (tertiary/aromatic N) is 4. The van der Waals surface area contributed by atoms with Gasteiger partial charge in [-0.25, -0.2) is 0 Å². The van der Waals surface area contributed by atoms with E-state index >= 15 is 0 Å². The molecule has 0 aliphatic carbocycles. The lowest BCUT2D eigenvalue weighted by atomic mass is 10.0. The smallest absolute Gasteiger partial charge is 0.467 e. The Kier molecular flexibility index (Phi) is 7.93. The fraction of sp³-hybridized carbons (Fsp3) is 0.462. The molecule has 1 saturated heterocycles. The molecule has 1 atom stereocenters. The summed E-state index contributed by atoms with van der Waals surface area (Å²) in [5.74, 6) is -0.0900. The van der Waals surface area contributed by atoms with Crippen LogP contribution < -0.4 is 18.6 Å². The summed E-state index contributed by atoms with van der Waals surface area (Å²) in [6.45, 7) is 1.64. The number of benzene rings is 2. The van der Waals surface area contributed by atoms with E-state index in [9.17, 15) is 21.6 Å². The normalized spacial score (nSPS) is 18.1. The Morgan fingerprint density at radius 1 is 1.10 bits per heavy atom. The number of likely N-dealkylation sites (N-methyl/N-ethyl adjacent to an activating group) is 1. The van der Waals surface area contributed by atoms with Crippen molar-refractivity contribution in [2.75, 3.05) is 45.5 Å². The van der Waals surface area contributed by atoms with Gasteiger partial charge in [-0.15, -0.1) is 0 Å². The van der Waals surface area contributed by atoms with Crippen molar-refractivity contribution in [3.63, 3.8) is 0 Å². The highest BCUT2D eigenvalue weighted by molar-refractivity contribution is 7.87. The van der Waals surface area contributed by atoms with Crippen molar-refractivity contribution in [2.45, 2.75) is 37.4 Å². The lowest BCUT2D eigenvalue weighted by Crippen LogP contribution is -2.34. The number of hydrogen-bond acceptors (Lipinski definition) is 10. The van der Waals surface area contributed by atoms with Crippen LogP contribution in [-0.2, 0) is 27.8 Å². The molecular weight excluding hydrogens is 553 g/mol. The van der Waals surface area contributed by atoms with Crippen LogP contribution in [-0.4, -0.2) is 75.5 Å². The Balaban J connectivity index is 1.50. The molecule has 10 nitrogen and oxygen atoms in total. The summed E-state index contributed by atoms with van der Waals surface area (Å²) in [5.41, 5.74) is -4.30. The highest BCUT2D eigenvalue weighted by atomic mass is 32.2. The molecule has 5 rings (SSSR count). The van der Waals surface area contributed by atoms with E-state index in [4.69, 9.17) is 14.2 Å². The summed E-state index contributed by atoms with van der Waals surface area (Å²) in [7, 11) is -2.48. The Labute approximate surface area is 229 Å². The SMILES string of the molecule is COCOc1cc(N2CCc3c(nc(OC[C@@H]4CCCN4C)nc3OS(=O)(=O)C(F)(F)F)C2)c2ccccc2c1. The zero-order valence-corrected chi connectivity index (χ0v) is 22.8. The standard InChI is InChI=1S/C26H29F3N4O6S/c1-32-10-5-7-18(32)15-37-25-30-22-14-33(11-9-21(22)24(31-25)39-40(34,35)26(27,28)29)23-13-19(38-16-36-2)12-17-6-3-4-8-20(17)23/h3-4,6,8,12-13,18H,5,7,9-11,14-16H2,1-2H3/t18-/m0/s1. The highest BCUT2D eigenvalue weighted by Gasteiger charge is 2.49. The van der Waals surface area contributed by atoms with Crippen molar-refractivity contribution in [3.8, 4) is 17.6 Å². The number of alkyl halides is 3. The maximum absolute atomic E-state index is 13.2. The first-order chi connectivity index (χ1) is 19.1. The molecule has 0 N–H and O–H groups in total. The molecule has 2 aliphatic rings. The monoisotopic (exact) mass is 582 g/mol. The minimum Gasteiger partial charge on any atom is -0.467 e. The number of halogens is 3. The van der Waals surface area contributed by atoms with Crippen molar-refractivity contribution in [1.29, 1.82) is 0 Å². The molecule has 3 aromatic rings. The Hall–Kier alpha value is -3.36. The van der Waals surface area contributed by atoms with E-state index in [1.165, 1.54) is 7.11 Å². The zero-order valence-electron chi connectivity index (χ0n) is 22.0. The predicted molar refractivity (Wildman–Crippen MR) is 140 cm³/mol. The largest absolute Gasteiger partial charge is 0.534 e. The second kappa shape index (κ2) is 11.3. The Morgan fingerprint density at radius 3 is 2.62 bits per heavy atom. The molecule has 0 spiro atoms. The van der Waals surface area contributed by atoms with Crippen molar-refractivity contribution < 1.29 is 40.0 Å². The van der Waals surface area contributed by atoms with E-state index in [0.717, 1.165) is 35.8 Å². The van der Waals surface area contributed by atoms with E-state index in [1.807, 2.05) is 48.3 Å². The van der Waals surface area contributed by atoms with Gasteiger partial charge in [0.25, 0.3) is 0 Å². The van der Waals surface area contributed by atoms with Gasteiger partial charge < -0.3 is 28.2 Å². The lowest BCUT2D eigenvalue weighted by molar-refractivity contribution is -0.0502. The van der Waals surface area contributed by atoms with Crippen LogP contribution in [0.4, 0.5) is 18.9 Å². The van der Waals surface area contributed by atoms with Gasteiger partial charge in [0.1, 0.15) is 12.4 Å². The van der Waals surface area contributed by atoms with Gasteiger partial charge in [-0.3, -0.25) is 0 Å². The number of hydrogen-bond donors (Lipinski definition) is 0. The van der Waals surface area contributed by atoms with Gasteiger partial charge in [0.2, 0.25) is 5.88 Å². The van der Waals surface area contributed by atoms with Gasteiger partial charge in [0.15, 0.2) is 6.79 Å². The minimum atomic E-state index is -5.95. The van der Waals surface area contributed by atoms with Crippen LogP contribution >= 0.6 is 0 Å². The minimum absolute atomic E-state index is 0.0547. The summed E-state index contributed by atoms with van der Waals surface area (Å²) in [4.78, 5) is 12.5. The van der Waals surface area contributed by atoms with Crippen LogP contribution in [0.25, 0.3) is 10.8 Å². The van der Waals surface area contributed by atoms with Crippen LogP contribution in [0.5, 0.6) is 17.6 Å². The average molecular weight is 583 g/mol. The van der Waals surface area contributed by atoms with Crippen LogP contribution in [0.2, 0.25) is 0 Å². The number of fused-ring (bicyclic) bond motifs is 2. The van der Waals surface area contributed by atoms with Crippen LogP contribution in [0, 0.1) is 0 Å². The summed E-state index contributed by atoms with van der Waals surface area (Å²) < 4.78 is 84.4. The predicted octanol–water partition coefficient (Wildman–Crippen LogP) is 3.88. The van der Waals surface area contributed by atoms with Crippen LogP contribution in [0.3, 0.4) is 0 Å². The number of aromatic nitrogens is 2. The third-order valence-electron chi connectivity index (χ3n) is 7.05. The molecule has 2 aliphatic heterocycles. The fourth-order valence-corrected chi connectivity index (χ4v) is 5.40. The summed E-state index contributed by atoms with van der Waals surface area (Å²) in [5, 5.41) is 1.85. The molecule has 0 amide bonds. The number of rotatable bonds is 9. The van der Waals surface area contributed by atoms with Gasteiger partial charge >= 0.3 is 21.6 Å². The quantitative estimate of drug-likeness (QED) is 0.210. The van der Waals surface area contributed by atoms with Crippen LogP contribution in [0.1, 0.15) is 24.1 Å². The molecule has 1 aromatic heterocycles. The molecule has 3 heterocycles. The van der Waals surface area contributed by atoms with E-state index in [-0.39, 0.29) is 44.0 Å². The van der Waals surface area contributed by atoms with E-state index in [0.29, 0.717) is 18.0 Å². The summed E-state index contributed by atoms with van der Waals surface area (Å²) in [6, 6.07) is 11.3. The first-order valence-electron chi connectivity index (χ1n) is 12.7.